The molecule has 1 nitrogen and oxygen atoms in total. The second-order valence-electron chi connectivity index (χ2n) is 7.98. The number of rotatable bonds is 4. The third kappa shape index (κ3) is 3.15. The first kappa shape index (κ1) is 18.2. The molecular weight excluding hydrogens is 341 g/mol. The van der Waals surface area contributed by atoms with Crippen LogP contribution in [0.2, 0.25) is 24.7 Å². The third-order valence-corrected chi connectivity index (χ3v) is 9.26. The quantitative estimate of drug-likeness (QED) is 0.659. The van der Waals surface area contributed by atoms with E-state index in [1.54, 1.807) is 0 Å². The third-order valence-electron chi connectivity index (χ3n) is 5.64. The molecule has 3 atom stereocenters. The lowest BCUT2D eigenvalue weighted by Crippen LogP contribution is -2.35. The summed E-state index contributed by atoms with van der Waals surface area (Å²) >= 11 is 0. The maximum atomic E-state index is 12.8. The van der Waals surface area contributed by atoms with Crippen LogP contribution in [0.4, 0.5) is 13.2 Å². The molecule has 0 heterocycles. The van der Waals surface area contributed by atoms with Gasteiger partial charge in [-0.25, -0.2) is 0 Å². The van der Waals surface area contributed by atoms with E-state index in [1.165, 1.54) is 17.7 Å². The molecule has 1 aliphatic carbocycles. The number of hydrogen-bond acceptors (Lipinski definition) is 1. The Morgan fingerprint density at radius 1 is 1.00 bits per heavy atom. The Kier molecular flexibility index (Phi) is 4.36. The van der Waals surface area contributed by atoms with Gasteiger partial charge in [-0.1, -0.05) is 62.1 Å². The molecule has 0 bridgehead atoms. The maximum absolute atomic E-state index is 12.8. The fraction of sp³-hybridized carbons (Fsp3) is 0.400. The lowest BCUT2D eigenvalue weighted by Gasteiger charge is -2.35. The van der Waals surface area contributed by atoms with Crippen LogP contribution >= 0.6 is 0 Å². The van der Waals surface area contributed by atoms with Crippen LogP contribution in [-0.2, 0) is 6.18 Å². The van der Waals surface area contributed by atoms with Gasteiger partial charge in [0.2, 0.25) is 0 Å². The van der Waals surface area contributed by atoms with E-state index in [0.717, 1.165) is 18.6 Å². The van der Waals surface area contributed by atoms with Gasteiger partial charge >= 0.3 is 6.18 Å². The zero-order valence-corrected chi connectivity index (χ0v) is 15.6. The van der Waals surface area contributed by atoms with Crippen molar-refractivity contribution in [3.63, 3.8) is 0 Å². The van der Waals surface area contributed by atoms with Gasteiger partial charge in [0.25, 0.3) is 0 Å². The molecule has 25 heavy (non-hydrogen) atoms. The van der Waals surface area contributed by atoms with Crippen LogP contribution in [0.15, 0.2) is 54.6 Å². The molecule has 0 aromatic heterocycles. The van der Waals surface area contributed by atoms with Crippen molar-refractivity contribution in [3.8, 4) is 0 Å². The summed E-state index contributed by atoms with van der Waals surface area (Å²) < 4.78 is 38.4. The van der Waals surface area contributed by atoms with Gasteiger partial charge in [0.1, 0.15) is 0 Å². The summed E-state index contributed by atoms with van der Waals surface area (Å²) in [5.41, 5.74) is 1.10. The van der Waals surface area contributed by atoms with Crippen molar-refractivity contribution in [2.24, 2.45) is 0 Å². The lowest BCUT2D eigenvalue weighted by atomic mass is 9.99. The van der Waals surface area contributed by atoms with E-state index < -0.39 is 25.9 Å². The van der Waals surface area contributed by atoms with E-state index in [9.17, 15) is 18.3 Å². The van der Waals surface area contributed by atoms with Gasteiger partial charge in [-0.2, -0.15) is 13.2 Å². The average molecular weight is 364 g/mol. The second-order valence-corrected chi connectivity index (χ2v) is 13.4. The molecule has 0 saturated heterocycles. The zero-order chi connectivity index (χ0) is 18.5. The predicted octanol–water partition coefficient (Wildman–Crippen LogP) is 6.00. The molecule has 1 saturated carbocycles. The van der Waals surface area contributed by atoms with E-state index in [1.807, 2.05) is 18.2 Å². The number of benzene rings is 2. The standard InChI is InChI=1S/C20H23F3OSi/c1-25(2,3)19(13-17(19)14-7-5-4-6-8-14)18(24)15-9-11-16(12-10-15)20(21,22)23/h4-12,17-18,24H,13H2,1-3H3. The molecule has 2 aromatic carbocycles. The molecule has 1 fully saturated rings. The second kappa shape index (κ2) is 5.99. The summed E-state index contributed by atoms with van der Waals surface area (Å²) in [5.74, 6) is 0.262. The minimum Gasteiger partial charge on any atom is -0.388 e. The van der Waals surface area contributed by atoms with Crippen molar-refractivity contribution in [1.29, 1.82) is 0 Å². The minimum atomic E-state index is -4.36. The highest BCUT2D eigenvalue weighted by Crippen LogP contribution is 2.76. The molecule has 1 aliphatic rings. The highest BCUT2D eigenvalue weighted by atomic mass is 28.3. The summed E-state index contributed by atoms with van der Waals surface area (Å²) in [5, 5.41) is 10.9. The molecule has 1 N–H and O–H groups in total. The van der Waals surface area contributed by atoms with E-state index in [-0.39, 0.29) is 11.0 Å². The van der Waals surface area contributed by atoms with Crippen LogP contribution in [0, 0.1) is 0 Å². The molecule has 2 aromatic rings. The summed E-state index contributed by atoms with van der Waals surface area (Å²) in [6.45, 7) is 6.68. The summed E-state index contributed by atoms with van der Waals surface area (Å²) in [6, 6.07) is 15.1. The van der Waals surface area contributed by atoms with Crippen molar-refractivity contribution in [3.05, 3.63) is 71.3 Å². The van der Waals surface area contributed by atoms with Crippen LogP contribution < -0.4 is 0 Å². The van der Waals surface area contributed by atoms with Gasteiger partial charge in [0, 0.05) is 5.04 Å². The van der Waals surface area contributed by atoms with E-state index in [4.69, 9.17) is 0 Å². The maximum Gasteiger partial charge on any atom is 0.416 e. The molecule has 5 heteroatoms. The SMILES string of the molecule is C[Si](C)(C)C1(C(O)c2ccc(C(F)(F)F)cc2)CC1c1ccccc1. The number of halogens is 3. The average Bonchev–Trinajstić information content (AvgIpc) is 3.31. The first-order chi connectivity index (χ1) is 11.6. The normalized spacial score (nSPS) is 24.8. The van der Waals surface area contributed by atoms with Crippen LogP contribution in [0.1, 0.15) is 35.1 Å². The topological polar surface area (TPSA) is 20.2 Å². The Labute approximate surface area is 147 Å². The smallest absolute Gasteiger partial charge is 0.388 e. The van der Waals surface area contributed by atoms with Crippen molar-refractivity contribution >= 4 is 8.07 Å². The minimum absolute atomic E-state index is 0.242. The van der Waals surface area contributed by atoms with Crippen LogP contribution in [0.5, 0.6) is 0 Å². The largest absolute Gasteiger partial charge is 0.416 e. The first-order valence-corrected chi connectivity index (χ1v) is 12.0. The van der Waals surface area contributed by atoms with Gasteiger partial charge < -0.3 is 5.11 Å². The number of hydrogen-bond donors (Lipinski definition) is 1. The summed E-state index contributed by atoms with van der Waals surface area (Å²) in [4.78, 5) is 0. The lowest BCUT2D eigenvalue weighted by molar-refractivity contribution is -0.137. The van der Waals surface area contributed by atoms with Crippen molar-refractivity contribution in [2.75, 3.05) is 0 Å². The molecule has 0 spiro atoms. The van der Waals surface area contributed by atoms with Crippen molar-refractivity contribution in [2.45, 2.75) is 49.3 Å². The van der Waals surface area contributed by atoms with Gasteiger partial charge in [-0.3, -0.25) is 0 Å². The Morgan fingerprint density at radius 2 is 1.56 bits per heavy atom. The molecule has 134 valence electrons. The van der Waals surface area contributed by atoms with Gasteiger partial charge in [0.05, 0.1) is 19.7 Å². The Bertz CT molecular complexity index is 734. The van der Waals surface area contributed by atoms with Crippen LogP contribution in [-0.4, -0.2) is 13.2 Å². The van der Waals surface area contributed by atoms with Gasteiger partial charge in [0.15, 0.2) is 0 Å². The highest BCUT2D eigenvalue weighted by Gasteiger charge is 2.66. The van der Waals surface area contributed by atoms with Gasteiger partial charge in [-0.05, 0) is 35.6 Å². The molecule has 0 aliphatic heterocycles. The van der Waals surface area contributed by atoms with Crippen molar-refractivity contribution < 1.29 is 18.3 Å². The molecule has 0 radical (unpaired) electrons. The van der Waals surface area contributed by atoms with Crippen LogP contribution in [0.3, 0.4) is 0 Å². The molecule has 0 amide bonds. The zero-order valence-electron chi connectivity index (χ0n) is 14.6. The molecule has 3 rings (SSSR count). The molecule has 3 unspecified atom stereocenters. The fourth-order valence-corrected chi connectivity index (χ4v) is 7.09. The van der Waals surface area contributed by atoms with Crippen LogP contribution in [0.25, 0.3) is 0 Å². The van der Waals surface area contributed by atoms with Gasteiger partial charge in [-0.15, -0.1) is 0 Å². The number of aliphatic hydroxyl groups is 1. The van der Waals surface area contributed by atoms with Crippen molar-refractivity contribution in [1.82, 2.24) is 0 Å². The predicted molar refractivity (Wildman–Crippen MR) is 96.2 cm³/mol. The number of alkyl halides is 3. The van der Waals surface area contributed by atoms with E-state index in [0.29, 0.717) is 5.56 Å². The summed E-state index contributed by atoms with van der Waals surface area (Å²) in [7, 11) is -1.79. The fourth-order valence-electron chi connectivity index (χ4n) is 4.07. The summed E-state index contributed by atoms with van der Waals surface area (Å²) in [6.07, 6.45) is -4.22. The Balaban J connectivity index is 1.94. The highest BCUT2D eigenvalue weighted by molar-refractivity contribution is 6.80. The monoisotopic (exact) mass is 364 g/mol. The van der Waals surface area contributed by atoms with E-state index >= 15 is 0 Å². The van der Waals surface area contributed by atoms with E-state index in [2.05, 4.69) is 31.8 Å². The Hall–Kier alpha value is -1.59. The Morgan fingerprint density at radius 3 is 2.04 bits per heavy atom. The first-order valence-electron chi connectivity index (χ1n) is 8.47. The number of aliphatic hydroxyl groups excluding tert-OH is 1. The molecular formula is C20H23F3OSi.